The van der Waals surface area contributed by atoms with Gasteiger partial charge < -0.3 is 15.0 Å². The van der Waals surface area contributed by atoms with Gasteiger partial charge in [0.25, 0.3) is 0 Å². The summed E-state index contributed by atoms with van der Waals surface area (Å²) in [5, 5.41) is 3.43. The van der Waals surface area contributed by atoms with Crippen LogP contribution < -0.4 is 5.32 Å². The van der Waals surface area contributed by atoms with Gasteiger partial charge in [0, 0.05) is 25.7 Å². The van der Waals surface area contributed by atoms with E-state index < -0.39 is 0 Å². The lowest BCUT2D eigenvalue weighted by molar-refractivity contribution is 0.00154. The highest BCUT2D eigenvalue weighted by molar-refractivity contribution is 4.79. The number of nitrogens with one attached hydrogen (secondary N) is 1. The zero-order valence-corrected chi connectivity index (χ0v) is 12.9. The molecule has 3 unspecified atom stereocenters. The Morgan fingerprint density at radius 3 is 2.84 bits per heavy atom. The van der Waals surface area contributed by atoms with Crippen molar-refractivity contribution in [2.75, 3.05) is 33.3 Å². The summed E-state index contributed by atoms with van der Waals surface area (Å²) in [6.45, 7) is 6.33. The van der Waals surface area contributed by atoms with Gasteiger partial charge in [-0.25, -0.2) is 0 Å². The first kappa shape index (κ1) is 15.3. The van der Waals surface area contributed by atoms with Gasteiger partial charge in [0.1, 0.15) is 0 Å². The van der Waals surface area contributed by atoms with Gasteiger partial charge in [0.05, 0.1) is 12.7 Å². The second-order valence-corrected chi connectivity index (χ2v) is 6.45. The molecule has 0 amide bonds. The van der Waals surface area contributed by atoms with E-state index in [2.05, 4.69) is 24.2 Å². The maximum atomic E-state index is 5.83. The highest BCUT2D eigenvalue weighted by atomic mass is 16.5. The second kappa shape index (κ2) is 8.23. The van der Waals surface area contributed by atoms with Crippen LogP contribution in [0.4, 0.5) is 0 Å². The number of nitrogens with zero attached hydrogens (tertiary/aromatic N) is 1. The van der Waals surface area contributed by atoms with Gasteiger partial charge >= 0.3 is 0 Å². The number of rotatable bonds is 5. The molecule has 112 valence electrons. The van der Waals surface area contributed by atoms with Crippen molar-refractivity contribution in [3.8, 4) is 0 Å². The van der Waals surface area contributed by atoms with Crippen molar-refractivity contribution < 1.29 is 4.74 Å². The fourth-order valence-electron chi connectivity index (χ4n) is 3.70. The predicted octanol–water partition coefficient (Wildman–Crippen LogP) is 2.66. The minimum Gasteiger partial charge on any atom is -0.374 e. The molecule has 1 heterocycles. The number of ether oxygens (including phenoxy) is 1. The van der Waals surface area contributed by atoms with Crippen molar-refractivity contribution in [2.45, 2.75) is 64.0 Å². The molecule has 2 rings (SSSR count). The molecule has 1 saturated carbocycles. The minimum atomic E-state index is 0.397. The normalized spacial score (nSPS) is 33.3. The van der Waals surface area contributed by atoms with Crippen LogP contribution >= 0.6 is 0 Å². The predicted molar refractivity (Wildman–Crippen MR) is 80.5 cm³/mol. The van der Waals surface area contributed by atoms with Crippen LogP contribution in [0.5, 0.6) is 0 Å². The van der Waals surface area contributed by atoms with E-state index in [1.807, 2.05) is 0 Å². The van der Waals surface area contributed by atoms with Crippen LogP contribution in [0.25, 0.3) is 0 Å². The first-order valence-electron chi connectivity index (χ1n) is 8.32. The van der Waals surface area contributed by atoms with Gasteiger partial charge in [0.15, 0.2) is 0 Å². The highest BCUT2D eigenvalue weighted by Gasteiger charge is 2.24. The molecule has 1 saturated heterocycles. The largest absolute Gasteiger partial charge is 0.374 e. The Balaban J connectivity index is 1.73. The zero-order chi connectivity index (χ0) is 13.5. The number of hydrogen-bond donors (Lipinski definition) is 1. The Kier molecular flexibility index (Phi) is 6.62. The van der Waals surface area contributed by atoms with Crippen molar-refractivity contribution in [3.05, 3.63) is 0 Å². The minimum absolute atomic E-state index is 0.397. The van der Waals surface area contributed by atoms with Gasteiger partial charge in [-0.15, -0.1) is 0 Å². The van der Waals surface area contributed by atoms with E-state index in [1.165, 1.54) is 44.9 Å². The van der Waals surface area contributed by atoms with Crippen LogP contribution in [-0.4, -0.2) is 50.3 Å². The van der Waals surface area contributed by atoms with Crippen molar-refractivity contribution in [1.29, 1.82) is 0 Å². The fourth-order valence-corrected chi connectivity index (χ4v) is 3.70. The van der Waals surface area contributed by atoms with Gasteiger partial charge in [-0.2, -0.15) is 0 Å². The highest BCUT2D eigenvalue weighted by Crippen LogP contribution is 2.28. The first-order chi connectivity index (χ1) is 9.29. The van der Waals surface area contributed by atoms with E-state index >= 15 is 0 Å². The topological polar surface area (TPSA) is 24.5 Å². The summed E-state index contributed by atoms with van der Waals surface area (Å²) < 4.78 is 5.83. The monoisotopic (exact) mass is 268 g/mol. The van der Waals surface area contributed by atoms with Crippen LogP contribution in [0.15, 0.2) is 0 Å². The molecule has 3 heteroatoms. The Morgan fingerprint density at radius 2 is 2.11 bits per heavy atom. The maximum Gasteiger partial charge on any atom is 0.0826 e. The molecule has 3 atom stereocenters. The van der Waals surface area contributed by atoms with E-state index in [9.17, 15) is 0 Å². The molecule has 1 aliphatic heterocycles. The Hall–Kier alpha value is -0.120. The fraction of sp³-hybridized carbons (Fsp3) is 1.00. The maximum absolute atomic E-state index is 5.83. The van der Waals surface area contributed by atoms with Crippen LogP contribution in [0, 0.1) is 5.92 Å². The van der Waals surface area contributed by atoms with E-state index in [0.29, 0.717) is 6.10 Å². The molecule has 3 nitrogen and oxygen atoms in total. The first-order valence-corrected chi connectivity index (χ1v) is 8.32. The van der Waals surface area contributed by atoms with Crippen molar-refractivity contribution in [3.63, 3.8) is 0 Å². The lowest BCUT2D eigenvalue weighted by Gasteiger charge is -2.32. The van der Waals surface area contributed by atoms with Gasteiger partial charge in [-0.1, -0.05) is 32.6 Å². The lowest BCUT2D eigenvalue weighted by Crippen LogP contribution is -2.46. The Morgan fingerprint density at radius 1 is 1.21 bits per heavy atom. The smallest absolute Gasteiger partial charge is 0.0826 e. The van der Waals surface area contributed by atoms with Crippen molar-refractivity contribution in [2.24, 2.45) is 5.92 Å². The summed E-state index contributed by atoms with van der Waals surface area (Å²) in [6.07, 6.45) is 10.3. The van der Waals surface area contributed by atoms with Crippen molar-refractivity contribution in [1.82, 2.24) is 10.2 Å². The number of hydrogen-bond acceptors (Lipinski definition) is 3. The summed E-state index contributed by atoms with van der Waals surface area (Å²) in [7, 11) is 2.29. The van der Waals surface area contributed by atoms with E-state index in [-0.39, 0.29) is 0 Å². The van der Waals surface area contributed by atoms with Gasteiger partial charge in [-0.05, 0) is 32.2 Å². The third-order valence-corrected chi connectivity index (χ3v) is 4.87. The van der Waals surface area contributed by atoms with E-state index in [4.69, 9.17) is 4.74 Å². The van der Waals surface area contributed by atoms with Crippen molar-refractivity contribution >= 4 is 0 Å². The quantitative estimate of drug-likeness (QED) is 0.776. The molecule has 19 heavy (non-hydrogen) atoms. The van der Waals surface area contributed by atoms with E-state index in [1.54, 1.807) is 0 Å². The molecule has 0 aromatic heterocycles. The molecule has 2 fully saturated rings. The zero-order valence-electron chi connectivity index (χ0n) is 12.9. The Labute approximate surface area is 119 Å². The number of morpholine rings is 1. The SMILES string of the molecule is CCCC1CCCC(N(C)CC2CNCCO2)CC1. The summed E-state index contributed by atoms with van der Waals surface area (Å²) in [5.74, 6) is 0.996. The Bertz CT molecular complexity index is 241. The van der Waals surface area contributed by atoms with Crippen LogP contribution in [0.2, 0.25) is 0 Å². The molecule has 0 bridgehead atoms. The molecule has 0 spiro atoms. The van der Waals surface area contributed by atoms with Gasteiger partial charge in [0.2, 0.25) is 0 Å². The average Bonchev–Trinajstić information content (AvgIpc) is 2.66. The van der Waals surface area contributed by atoms with Crippen LogP contribution in [0.1, 0.15) is 51.9 Å². The summed E-state index contributed by atoms with van der Waals surface area (Å²) in [6, 6.07) is 0.785. The molecular weight excluding hydrogens is 236 g/mol. The molecule has 0 radical (unpaired) electrons. The molecule has 1 aliphatic carbocycles. The molecule has 2 aliphatic rings. The number of likely N-dealkylation sites (N-methyl/N-ethyl adjacent to an activating group) is 1. The average molecular weight is 268 g/mol. The third-order valence-electron chi connectivity index (χ3n) is 4.87. The molecule has 1 N–H and O–H groups in total. The molecule has 0 aromatic rings. The molecular formula is C16H32N2O. The van der Waals surface area contributed by atoms with Crippen LogP contribution in [-0.2, 0) is 4.74 Å². The summed E-state index contributed by atoms with van der Waals surface area (Å²) >= 11 is 0. The second-order valence-electron chi connectivity index (χ2n) is 6.45. The van der Waals surface area contributed by atoms with Gasteiger partial charge in [-0.3, -0.25) is 0 Å². The standard InChI is InChI=1S/C16H32N2O/c1-3-5-14-6-4-7-15(9-8-14)18(2)13-16-12-17-10-11-19-16/h14-17H,3-13H2,1-2H3. The summed E-state index contributed by atoms with van der Waals surface area (Å²) in [5.41, 5.74) is 0. The van der Waals surface area contributed by atoms with E-state index in [0.717, 1.165) is 38.2 Å². The van der Waals surface area contributed by atoms with Crippen LogP contribution in [0.3, 0.4) is 0 Å². The lowest BCUT2D eigenvalue weighted by atomic mass is 9.95. The summed E-state index contributed by atoms with van der Waals surface area (Å²) in [4.78, 5) is 2.56. The molecule has 0 aromatic carbocycles. The third kappa shape index (κ3) is 5.05.